The third kappa shape index (κ3) is 1.84. The predicted molar refractivity (Wildman–Crippen MR) is 56.8 cm³/mol. The molecule has 13 heavy (non-hydrogen) atoms. The molecule has 72 valence electrons. The van der Waals surface area contributed by atoms with Gasteiger partial charge in [0.2, 0.25) is 0 Å². The Morgan fingerprint density at radius 1 is 1.54 bits per heavy atom. The molecule has 0 spiro atoms. The third-order valence-corrected chi connectivity index (χ3v) is 4.49. The molecule has 1 fully saturated rings. The highest BCUT2D eigenvalue weighted by Gasteiger charge is 2.27. The van der Waals surface area contributed by atoms with E-state index >= 15 is 0 Å². The molecule has 3 heteroatoms. The van der Waals surface area contributed by atoms with Crippen molar-refractivity contribution < 1.29 is 4.74 Å². The lowest BCUT2D eigenvalue weighted by atomic mass is 9.82. The van der Waals surface area contributed by atoms with Crippen LogP contribution in [0.3, 0.4) is 0 Å². The van der Waals surface area contributed by atoms with Gasteiger partial charge in [-0.1, -0.05) is 6.42 Å². The van der Waals surface area contributed by atoms with Crippen molar-refractivity contribution in [3.63, 3.8) is 0 Å². The Balaban J connectivity index is 2.05. The molecule has 0 aromatic carbocycles. The molecule has 1 saturated carbocycles. The summed E-state index contributed by atoms with van der Waals surface area (Å²) in [5.41, 5.74) is 0. The van der Waals surface area contributed by atoms with Gasteiger partial charge in [0.15, 0.2) is 5.06 Å². The first-order valence-corrected chi connectivity index (χ1v) is 5.84. The number of ether oxygens (including phenoxy) is 1. The van der Waals surface area contributed by atoms with Crippen molar-refractivity contribution in [3.8, 4) is 5.06 Å². The lowest BCUT2D eigenvalue weighted by Crippen LogP contribution is -2.15. The first-order chi connectivity index (χ1) is 6.31. The molecule has 1 aromatic heterocycles. The average Bonchev–Trinajstić information content (AvgIpc) is 2.48. The number of hydrogen-bond acceptors (Lipinski definition) is 2. The molecule has 1 aliphatic carbocycles. The first kappa shape index (κ1) is 9.35. The quantitative estimate of drug-likeness (QED) is 0.698. The molecule has 0 bridgehead atoms. The SMILES string of the molecule is COc1ccc(C(Cl)C2CCC2)s1. The topological polar surface area (TPSA) is 9.23 Å². The molecule has 0 N–H and O–H groups in total. The van der Waals surface area contributed by atoms with Crippen molar-refractivity contribution in [2.45, 2.75) is 24.6 Å². The number of rotatable bonds is 3. The van der Waals surface area contributed by atoms with E-state index in [1.165, 1.54) is 24.1 Å². The highest BCUT2D eigenvalue weighted by molar-refractivity contribution is 7.14. The van der Waals surface area contributed by atoms with Crippen LogP contribution >= 0.6 is 22.9 Å². The van der Waals surface area contributed by atoms with Gasteiger partial charge < -0.3 is 4.74 Å². The molecule has 0 saturated heterocycles. The van der Waals surface area contributed by atoms with Crippen LogP contribution in [0, 0.1) is 5.92 Å². The summed E-state index contributed by atoms with van der Waals surface area (Å²) in [6.07, 6.45) is 3.92. The molecule has 0 radical (unpaired) electrons. The molecular weight excluding hydrogens is 204 g/mol. The minimum absolute atomic E-state index is 0.211. The summed E-state index contributed by atoms with van der Waals surface area (Å²) in [7, 11) is 1.70. The van der Waals surface area contributed by atoms with E-state index in [2.05, 4.69) is 6.07 Å². The number of thiophene rings is 1. The Kier molecular flexibility index (Phi) is 2.80. The summed E-state index contributed by atoms with van der Waals surface area (Å²) in [5, 5.41) is 1.17. The average molecular weight is 217 g/mol. The molecule has 0 aliphatic heterocycles. The van der Waals surface area contributed by atoms with E-state index in [0.717, 1.165) is 5.06 Å². The van der Waals surface area contributed by atoms with Gasteiger partial charge in [-0.2, -0.15) is 0 Å². The molecule has 1 aliphatic rings. The van der Waals surface area contributed by atoms with E-state index < -0.39 is 0 Å². The maximum absolute atomic E-state index is 6.33. The van der Waals surface area contributed by atoms with E-state index in [0.29, 0.717) is 5.92 Å². The van der Waals surface area contributed by atoms with Gasteiger partial charge in [0.1, 0.15) is 0 Å². The van der Waals surface area contributed by atoms with Crippen molar-refractivity contribution in [2.24, 2.45) is 5.92 Å². The Bertz CT molecular complexity index is 280. The van der Waals surface area contributed by atoms with Crippen LogP contribution in [0.4, 0.5) is 0 Å². The number of alkyl halides is 1. The lowest BCUT2D eigenvalue weighted by Gasteiger charge is -2.29. The van der Waals surface area contributed by atoms with Crippen LogP contribution in [0.2, 0.25) is 0 Å². The molecule has 1 heterocycles. The van der Waals surface area contributed by atoms with Crippen LogP contribution in [0.15, 0.2) is 12.1 Å². The van der Waals surface area contributed by atoms with Crippen LogP contribution in [-0.4, -0.2) is 7.11 Å². The lowest BCUT2D eigenvalue weighted by molar-refractivity contribution is 0.307. The van der Waals surface area contributed by atoms with Crippen molar-refractivity contribution in [2.75, 3.05) is 7.11 Å². The number of methoxy groups -OCH3 is 1. The van der Waals surface area contributed by atoms with Crippen molar-refractivity contribution in [1.82, 2.24) is 0 Å². The Labute approximate surface area is 87.7 Å². The fourth-order valence-electron chi connectivity index (χ4n) is 1.56. The number of hydrogen-bond donors (Lipinski definition) is 0. The van der Waals surface area contributed by atoms with Gasteiger partial charge in [0.05, 0.1) is 12.5 Å². The van der Waals surface area contributed by atoms with Crippen LogP contribution in [0.5, 0.6) is 5.06 Å². The Morgan fingerprint density at radius 2 is 2.31 bits per heavy atom. The van der Waals surface area contributed by atoms with Crippen molar-refractivity contribution in [1.29, 1.82) is 0 Å². The van der Waals surface area contributed by atoms with Gasteiger partial charge in [-0.15, -0.1) is 22.9 Å². The molecule has 0 amide bonds. The van der Waals surface area contributed by atoms with E-state index in [9.17, 15) is 0 Å². The highest BCUT2D eigenvalue weighted by atomic mass is 35.5. The summed E-state index contributed by atoms with van der Waals surface area (Å²) in [4.78, 5) is 1.25. The predicted octanol–water partition coefficient (Wildman–Crippen LogP) is 3.84. The van der Waals surface area contributed by atoms with Crippen LogP contribution < -0.4 is 4.74 Å². The van der Waals surface area contributed by atoms with Gasteiger partial charge in [0, 0.05) is 4.88 Å². The molecule has 2 rings (SSSR count). The van der Waals surface area contributed by atoms with Crippen LogP contribution in [-0.2, 0) is 0 Å². The van der Waals surface area contributed by atoms with Gasteiger partial charge in [0.25, 0.3) is 0 Å². The van der Waals surface area contributed by atoms with Crippen LogP contribution in [0.25, 0.3) is 0 Å². The second-order valence-corrected chi connectivity index (χ2v) is 5.00. The maximum Gasteiger partial charge on any atom is 0.173 e. The van der Waals surface area contributed by atoms with E-state index in [-0.39, 0.29) is 5.38 Å². The highest BCUT2D eigenvalue weighted by Crippen LogP contribution is 2.44. The molecule has 1 unspecified atom stereocenters. The zero-order chi connectivity index (χ0) is 9.26. The normalized spacial score (nSPS) is 19.5. The maximum atomic E-state index is 6.33. The Hall–Kier alpha value is -0.210. The Morgan fingerprint density at radius 3 is 2.77 bits per heavy atom. The summed E-state index contributed by atoms with van der Waals surface area (Å²) in [6.45, 7) is 0. The third-order valence-electron chi connectivity index (χ3n) is 2.64. The van der Waals surface area contributed by atoms with Gasteiger partial charge in [-0.25, -0.2) is 0 Å². The minimum atomic E-state index is 0.211. The second kappa shape index (κ2) is 3.89. The second-order valence-electron chi connectivity index (χ2n) is 3.45. The zero-order valence-electron chi connectivity index (χ0n) is 7.63. The number of halogens is 1. The molecule has 1 nitrogen and oxygen atoms in total. The van der Waals surface area contributed by atoms with Gasteiger partial charge in [-0.3, -0.25) is 0 Å². The zero-order valence-corrected chi connectivity index (χ0v) is 9.20. The fraction of sp³-hybridized carbons (Fsp3) is 0.600. The first-order valence-electron chi connectivity index (χ1n) is 4.59. The molecular formula is C10H13ClOS. The van der Waals surface area contributed by atoms with E-state index in [1.807, 2.05) is 6.07 Å². The summed E-state index contributed by atoms with van der Waals surface area (Å²) in [6, 6.07) is 4.08. The van der Waals surface area contributed by atoms with E-state index in [1.54, 1.807) is 18.4 Å². The summed E-state index contributed by atoms with van der Waals surface area (Å²) in [5.74, 6) is 0.699. The van der Waals surface area contributed by atoms with Gasteiger partial charge >= 0.3 is 0 Å². The van der Waals surface area contributed by atoms with E-state index in [4.69, 9.17) is 16.3 Å². The molecule has 1 atom stereocenters. The van der Waals surface area contributed by atoms with Crippen molar-refractivity contribution >= 4 is 22.9 Å². The largest absolute Gasteiger partial charge is 0.487 e. The summed E-state index contributed by atoms with van der Waals surface area (Å²) >= 11 is 8.00. The van der Waals surface area contributed by atoms with Gasteiger partial charge in [-0.05, 0) is 30.9 Å². The standard InChI is InChI=1S/C10H13ClOS/c1-12-9-6-5-8(13-9)10(11)7-3-2-4-7/h5-7,10H,2-4H2,1H3. The van der Waals surface area contributed by atoms with Crippen molar-refractivity contribution in [3.05, 3.63) is 17.0 Å². The minimum Gasteiger partial charge on any atom is -0.487 e. The summed E-state index contributed by atoms with van der Waals surface area (Å²) < 4.78 is 5.14. The monoisotopic (exact) mass is 216 g/mol. The smallest absolute Gasteiger partial charge is 0.173 e. The van der Waals surface area contributed by atoms with Crippen LogP contribution in [0.1, 0.15) is 29.5 Å². The molecule has 1 aromatic rings. The fourth-order valence-corrected chi connectivity index (χ4v) is 2.91.